The molecule has 0 radical (unpaired) electrons. The zero-order valence-corrected chi connectivity index (χ0v) is 39.1. The lowest BCUT2D eigenvalue weighted by Gasteiger charge is -2.47. The Labute approximate surface area is 392 Å². The van der Waals surface area contributed by atoms with E-state index in [-0.39, 0.29) is 36.3 Å². The molecule has 3 aliphatic rings. The molecule has 4 aromatic rings. The number of carbonyl (C=O) groups is 2. The standard InChI is InChI=1S/C52H64ClF3N4O6/c1-35(33-66-46-18-24-57-45-13-4-8-36(2)48(45)46)28-39-30-38-15-16-43(32-44(38)50(39)19-21-51(22-20-50,49(62)63)59-41-11-6-10-40(53)31-41)64-26-7-14-47(61)58-23-17-37-9-5-12-42(29-37)65-27-25-60(3)34-52(54,55)56/h5-6,9-12,15-16,18,24,29,31-32,35-36,39,59H,4,7-8,13-14,17,19-23,25-28,30,33-34H2,1-3H3,(H,58,61)(H,62,63)/t35-,36-,39?,50?,51?/m1/s1. The van der Waals surface area contributed by atoms with E-state index in [0.29, 0.717) is 87.1 Å². The minimum atomic E-state index is -4.25. The second kappa shape index (κ2) is 21.7. The second-order valence-electron chi connectivity index (χ2n) is 18.9. The van der Waals surface area contributed by atoms with Crippen LogP contribution in [-0.4, -0.2) is 85.1 Å². The van der Waals surface area contributed by atoms with Gasteiger partial charge in [0.2, 0.25) is 5.91 Å². The number of nitrogens with one attached hydrogen (secondary N) is 2. The molecule has 1 fully saturated rings. The quantitative estimate of drug-likeness (QED) is 0.0701. The van der Waals surface area contributed by atoms with Crippen LogP contribution in [0.5, 0.6) is 17.2 Å². The average Bonchev–Trinajstić information content (AvgIpc) is 3.55. The Kier molecular flexibility index (Phi) is 16.1. The molecule has 1 amide bonds. The lowest BCUT2D eigenvalue weighted by atomic mass is 9.59. The molecule has 1 unspecified atom stereocenters. The molecule has 0 bridgehead atoms. The highest BCUT2D eigenvalue weighted by Crippen LogP contribution is 2.57. The zero-order valence-electron chi connectivity index (χ0n) is 38.4. The van der Waals surface area contributed by atoms with Crippen LogP contribution in [0, 0.1) is 11.8 Å². The first kappa shape index (κ1) is 48.9. The van der Waals surface area contributed by atoms with Crippen LogP contribution in [0.3, 0.4) is 0 Å². The van der Waals surface area contributed by atoms with Gasteiger partial charge in [-0.15, -0.1) is 0 Å². The number of alkyl halides is 3. The average molecular weight is 934 g/mol. The van der Waals surface area contributed by atoms with Crippen molar-refractivity contribution in [2.75, 3.05) is 51.8 Å². The number of benzene rings is 3. The van der Waals surface area contributed by atoms with Crippen molar-refractivity contribution in [3.05, 3.63) is 112 Å². The summed E-state index contributed by atoms with van der Waals surface area (Å²) in [6, 6.07) is 22.9. The van der Waals surface area contributed by atoms with Gasteiger partial charge in [0.15, 0.2) is 0 Å². The molecule has 356 valence electrons. The largest absolute Gasteiger partial charge is 0.494 e. The van der Waals surface area contributed by atoms with Crippen LogP contribution in [0.25, 0.3) is 0 Å². The second-order valence-corrected chi connectivity index (χ2v) is 19.4. The number of aromatic nitrogens is 1. The number of hydrogen-bond donors (Lipinski definition) is 3. The van der Waals surface area contributed by atoms with Crippen LogP contribution in [-0.2, 0) is 34.3 Å². The maximum Gasteiger partial charge on any atom is 0.401 e. The van der Waals surface area contributed by atoms with Gasteiger partial charge >= 0.3 is 12.1 Å². The number of ether oxygens (including phenoxy) is 3. The highest BCUT2D eigenvalue weighted by atomic mass is 35.5. The lowest BCUT2D eigenvalue weighted by molar-refractivity contribution is -0.144. The van der Waals surface area contributed by atoms with Crippen LogP contribution in [0.15, 0.2) is 79.0 Å². The topological polar surface area (TPSA) is 122 Å². The summed E-state index contributed by atoms with van der Waals surface area (Å²) in [7, 11) is 1.41. The number of halogens is 4. The van der Waals surface area contributed by atoms with E-state index < -0.39 is 24.2 Å². The van der Waals surface area contributed by atoms with Gasteiger partial charge in [0.25, 0.3) is 0 Å². The Balaban J connectivity index is 0.949. The van der Waals surface area contributed by atoms with Crippen molar-refractivity contribution in [1.29, 1.82) is 0 Å². The summed E-state index contributed by atoms with van der Waals surface area (Å²) in [6.07, 6.45) is 6.37. The molecule has 66 heavy (non-hydrogen) atoms. The molecule has 3 N–H and O–H groups in total. The summed E-state index contributed by atoms with van der Waals surface area (Å²) >= 11 is 6.31. The van der Waals surface area contributed by atoms with Crippen LogP contribution in [0.2, 0.25) is 5.02 Å². The van der Waals surface area contributed by atoms with Gasteiger partial charge in [-0.3, -0.25) is 14.7 Å². The smallest absolute Gasteiger partial charge is 0.401 e. The first-order valence-electron chi connectivity index (χ1n) is 23.5. The van der Waals surface area contributed by atoms with Crippen LogP contribution >= 0.6 is 11.6 Å². The molecule has 1 aromatic heterocycles. The van der Waals surface area contributed by atoms with E-state index in [1.807, 2.05) is 48.7 Å². The van der Waals surface area contributed by atoms with Crippen LogP contribution < -0.4 is 24.8 Å². The minimum absolute atomic E-state index is 0.0821. The number of carbonyl (C=O) groups excluding carboxylic acids is 1. The monoisotopic (exact) mass is 932 g/mol. The molecule has 0 aliphatic heterocycles. The highest BCUT2D eigenvalue weighted by molar-refractivity contribution is 6.30. The Bertz CT molecular complexity index is 2280. The Hall–Kier alpha value is -5.01. The van der Waals surface area contributed by atoms with Crippen molar-refractivity contribution < 1.29 is 42.1 Å². The van der Waals surface area contributed by atoms with Crippen molar-refractivity contribution >= 4 is 29.2 Å². The van der Waals surface area contributed by atoms with E-state index in [2.05, 4.69) is 41.6 Å². The van der Waals surface area contributed by atoms with Crippen molar-refractivity contribution in [3.8, 4) is 17.2 Å². The highest BCUT2D eigenvalue weighted by Gasteiger charge is 2.54. The minimum Gasteiger partial charge on any atom is -0.494 e. The zero-order chi connectivity index (χ0) is 46.9. The third kappa shape index (κ3) is 12.5. The summed E-state index contributed by atoms with van der Waals surface area (Å²) in [5.41, 5.74) is 5.16. The summed E-state index contributed by atoms with van der Waals surface area (Å²) < 4.78 is 56.4. The van der Waals surface area contributed by atoms with Crippen molar-refractivity contribution in [1.82, 2.24) is 15.2 Å². The Morgan fingerprint density at radius 2 is 1.76 bits per heavy atom. The third-order valence-electron chi connectivity index (χ3n) is 13.9. The molecule has 14 heteroatoms. The fourth-order valence-corrected chi connectivity index (χ4v) is 10.7. The molecular weight excluding hydrogens is 869 g/mol. The van der Waals surface area contributed by atoms with Crippen LogP contribution in [0.4, 0.5) is 18.9 Å². The van der Waals surface area contributed by atoms with Crippen LogP contribution in [0.1, 0.15) is 106 Å². The van der Waals surface area contributed by atoms with E-state index in [9.17, 15) is 27.9 Å². The van der Waals surface area contributed by atoms with Crippen molar-refractivity contribution in [2.24, 2.45) is 11.8 Å². The Morgan fingerprint density at radius 3 is 2.53 bits per heavy atom. The number of fused-ring (bicyclic) bond motifs is 3. The predicted molar refractivity (Wildman–Crippen MR) is 251 cm³/mol. The summed E-state index contributed by atoms with van der Waals surface area (Å²) in [5.74, 6) is 2.26. The number of amides is 1. The number of anilines is 1. The third-order valence-corrected chi connectivity index (χ3v) is 14.1. The molecule has 3 aliphatic carbocycles. The number of carboxylic acids is 1. The molecular formula is C52H64ClF3N4O6. The maximum absolute atomic E-state index is 13.1. The first-order valence-corrected chi connectivity index (χ1v) is 23.9. The number of rotatable bonds is 21. The van der Waals surface area contributed by atoms with Gasteiger partial charge < -0.3 is 30.0 Å². The molecule has 0 saturated heterocycles. The predicted octanol–water partition coefficient (Wildman–Crippen LogP) is 10.6. The molecule has 3 aromatic carbocycles. The SMILES string of the molecule is C[C@@H](COc1ccnc2c1[C@H](C)CCC2)CC1Cc2ccc(OCCCC(=O)NCCc3cccc(OCCN(C)CC(F)(F)F)c3)cc2C12CCC(Nc1cccc(Cl)c1)(C(=O)O)CC2. The van der Waals surface area contributed by atoms with E-state index in [1.54, 1.807) is 18.2 Å². The molecule has 7 rings (SSSR count). The van der Waals surface area contributed by atoms with E-state index >= 15 is 0 Å². The number of aliphatic carboxylic acids is 1. The first-order chi connectivity index (χ1) is 31.6. The lowest BCUT2D eigenvalue weighted by Crippen LogP contribution is -2.53. The van der Waals surface area contributed by atoms with Crippen molar-refractivity contribution in [2.45, 2.75) is 114 Å². The molecule has 1 spiro atoms. The number of likely N-dealkylation sites (N-methyl/N-ethyl adjacent to an activating group) is 1. The van der Waals surface area contributed by atoms with E-state index in [4.69, 9.17) is 25.8 Å². The molecule has 10 nitrogen and oxygen atoms in total. The van der Waals surface area contributed by atoms with Gasteiger partial charge in [0.05, 0.1) is 19.8 Å². The van der Waals surface area contributed by atoms with Gasteiger partial charge in [-0.2, -0.15) is 13.2 Å². The molecule has 1 saturated carbocycles. The number of hydrogen-bond acceptors (Lipinski definition) is 8. The van der Waals surface area contributed by atoms with Gasteiger partial charge in [-0.05, 0) is 166 Å². The van der Waals surface area contributed by atoms with E-state index in [0.717, 1.165) is 54.9 Å². The number of aryl methyl sites for hydroxylation is 1. The van der Waals surface area contributed by atoms with E-state index in [1.165, 1.54) is 28.6 Å². The molecule has 1 heterocycles. The maximum atomic E-state index is 13.1. The number of carboxylic acid groups (broad SMARTS) is 1. The summed E-state index contributed by atoms with van der Waals surface area (Å²) in [4.78, 5) is 31.7. The summed E-state index contributed by atoms with van der Waals surface area (Å²) in [5, 5.41) is 17.6. The van der Waals surface area contributed by atoms with Gasteiger partial charge in [0, 0.05) is 47.7 Å². The fraction of sp³-hybridized carbons (Fsp3) is 0.519. The van der Waals surface area contributed by atoms with Gasteiger partial charge in [-0.25, -0.2) is 4.79 Å². The van der Waals surface area contributed by atoms with Crippen molar-refractivity contribution in [3.63, 3.8) is 0 Å². The Morgan fingerprint density at radius 1 is 0.985 bits per heavy atom. The number of pyridine rings is 1. The number of nitrogens with zero attached hydrogens (tertiary/aromatic N) is 2. The fourth-order valence-electron chi connectivity index (χ4n) is 10.5. The van der Waals surface area contributed by atoms with Gasteiger partial charge in [-0.1, -0.05) is 49.7 Å². The van der Waals surface area contributed by atoms with Gasteiger partial charge in [0.1, 0.15) is 29.4 Å². The normalized spacial score (nSPS) is 21.8. The summed E-state index contributed by atoms with van der Waals surface area (Å²) in [6.45, 7) is 5.17. The molecule has 3 atom stereocenters.